The standard InChI is InChI=1S/C30H26FN5O5/c1-17(2)36-16-22(29(37)28(35-36)18-5-7-19(31)8-6-18)30(38)34-20-9-10-27(33-15-20)41-24-11-12-32-23-14-26(40-4)25(39-3)13-21(23)24/h5-17H,1-4H3,(H,34,38). The molecule has 208 valence electrons. The molecule has 5 rings (SSSR count). The minimum absolute atomic E-state index is 0.0482. The van der Waals surface area contributed by atoms with Gasteiger partial charge >= 0.3 is 0 Å². The van der Waals surface area contributed by atoms with Gasteiger partial charge in [0.2, 0.25) is 11.3 Å². The molecule has 5 aromatic rings. The number of fused-ring (bicyclic) bond motifs is 1. The van der Waals surface area contributed by atoms with E-state index in [0.717, 1.165) is 0 Å². The minimum Gasteiger partial charge on any atom is -0.493 e. The maximum Gasteiger partial charge on any atom is 0.261 e. The van der Waals surface area contributed by atoms with Crippen LogP contribution in [0.2, 0.25) is 0 Å². The minimum atomic E-state index is -0.633. The molecule has 10 nitrogen and oxygen atoms in total. The third-order valence-electron chi connectivity index (χ3n) is 6.24. The number of hydrogen-bond acceptors (Lipinski definition) is 8. The average Bonchev–Trinajstić information content (AvgIpc) is 2.98. The van der Waals surface area contributed by atoms with Crippen molar-refractivity contribution in [1.29, 1.82) is 0 Å². The van der Waals surface area contributed by atoms with Gasteiger partial charge < -0.3 is 19.5 Å². The topological polar surface area (TPSA) is 117 Å². The number of aromatic nitrogens is 4. The summed E-state index contributed by atoms with van der Waals surface area (Å²) < 4.78 is 31.7. The van der Waals surface area contributed by atoms with Crippen molar-refractivity contribution >= 4 is 22.5 Å². The van der Waals surface area contributed by atoms with Gasteiger partial charge in [-0.05, 0) is 56.3 Å². The average molecular weight is 556 g/mol. The summed E-state index contributed by atoms with van der Waals surface area (Å²) in [5, 5.41) is 7.77. The lowest BCUT2D eigenvalue weighted by atomic mass is 10.1. The zero-order chi connectivity index (χ0) is 29.1. The van der Waals surface area contributed by atoms with Crippen molar-refractivity contribution in [2.24, 2.45) is 0 Å². The molecule has 0 aliphatic rings. The summed E-state index contributed by atoms with van der Waals surface area (Å²) in [6.45, 7) is 3.74. The van der Waals surface area contributed by atoms with Gasteiger partial charge in [-0.1, -0.05) is 0 Å². The number of hydrogen-bond donors (Lipinski definition) is 1. The molecule has 0 atom stereocenters. The summed E-state index contributed by atoms with van der Waals surface area (Å²) >= 11 is 0. The van der Waals surface area contributed by atoms with Crippen LogP contribution in [-0.4, -0.2) is 39.9 Å². The Labute approximate surface area is 234 Å². The van der Waals surface area contributed by atoms with Crippen molar-refractivity contribution in [1.82, 2.24) is 19.7 Å². The molecule has 2 aromatic carbocycles. The van der Waals surface area contributed by atoms with Gasteiger partial charge in [0.25, 0.3) is 5.91 Å². The van der Waals surface area contributed by atoms with E-state index in [1.165, 1.54) is 41.3 Å². The molecule has 1 N–H and O–H groups in total. The predicted molar refractivity (Wildman–Crippen MR) is 151 cm³/mol. The Morgan fingerprint density at radius 1 is 0.951 bits per heavy atom. The molecule has 11 heteroatoms. The van der Waals surface area contributed by atoms with Crippen LogP contribution in [0.3, 0.4) is 0 Å². The molecule has 0 spiro atoms. The molecular weight excluding hydrogens is 529 g/mol. The van der Waals surface area contributed by atoms with E-state index in [9.17, 15) is 14.0 Å². The van der Waals surface area contributed by atoms with Crippen LogP contribution in [0.1, 0.15) is 30.2 Å². The number of halogens is 1. The van der Waals surface area contributed by atoms with Crippen LogP contribution in [0.15, 0.2) is 78.0 Å². The Hall–Kier alpha value is -5.32. The highest BCUT2D eigenvalue weighted by molar-refractivity contribution is 6.04. The zero-order valence-corrected chi connectivity index (χ0v) is 22.7. The van der Waals surface area contributed by atoms with Crippen LogP contribution in [0.5, 0.6) is 23.1 Å². The van der Waals surface area contributed by atoms with E-state index in [1.807, 2.05) is 13.8 Å². The first-order chi connectivity index (χ1) is 19.8. The predicted octanol–water partition coefficient (Wildman–Crippen LogP) is 5.64. The Morgan fingerprint density at radius 2 is 1.68 bits per heavy atom. The van der Waals surface area contributed by atoms with E-state index in [-0.39, 0.29) is 23.2 Å². The molecule has 41 heavy (non-hydrogen) atoms. The van der Waals surface area contributed by atoms with Crippen LogP contribution in [0.4, 0.5) is 10.1 Å². The first-order valence-corrected chi connectivity index (χ1v) is 12.6. The van der Waals surface area contributed by atoms with Gasteiger partial charge in [-0.15, -0.1) is 0 Å². The zero-order valence-electron chi connectivity index (χ0n) is 22.7. The van der Waals surface area contributed by atoms with Crippen molar-refractivity contribution in [3.8, 4) is 34.4 Å². The lowest BCUT2D eigenvalue weighted by Crippen LogP contribution is -2.27. The second kappa shape index (κ2) is 11.4. The van der Waals surface area contributed by atoms with E-state index in [1.54, 1.807) is 50.7 Å². The number of amides is 1. The second-order valence-corrected chi connectivity index (χ2v) is 9.28. The molecular formula is C30H26FN5O5. The van der Waals surface area contributed by atoms with Crippen LogP contribution in [0, 0.1) is 5.82 Å². The normalized spacial score (nSPS) is 11.0. The largest absolute Gasteiger partial charge is 0.493 e. The van der Waals surface area contributed by atoms with E-state index >= 15 is 0 Å². The fraction of sp³-hybridized carbons (Fsp3) is 0.167. The van der Waals surface area contributed by atoms with Gasteiger partial charge in [0, 0.05) is 41.5 Å². The first kappa shape index (κ1) is 27.3. The molecule has 0 fully saturated rings. The first-order valence-electron chi connectivity index (χ1n) is 12.6. The van der Waals surface area contributed by atoms with E-state index in [4.69, 9.17) is 14.2 Å². The van der Waals surface area contributed by atoms with Crippen LogP contribution in [0.25, 0.3) is 22.2 Å². The number of ether oxygens (including phenoxy) is 3. The fourth-order valence-corrected chi connectivity index (χ4v) is 4.09. The SMILES string of the molecule is COc1cc2nccc(Oc3ccc(NC(=O)c4cn(C(C)C)nc(-c5ccc(F)cc5)c4=O)cn3)c2cc1OC. The number of rotatable bonds is 8. The van der Waals surface area contributed by atoms with E-state index in [0.29, 0.717) is 39.4 Å². The summed E-state index contributed by atoms with van der Waals surface area (Å²) in [4.78, 5) is 35.1. The van der Waals surface area contributed by atoms with Gasteiger partial charge in [0.15, 0.2) is 11.5 Å². The molecule has 0 unspecified atom stereocenters. The van der Waals surface area contributed by atoms with Gasteiger partial charge in [-0.3, -0.25) is 19.3 Å². The third-order valence-corrected chi connectivity index (χ3v) is 6.24. The van der Waals surface area contributed by atoms with E-state index in [2.05, 4.69) is 20.4 Å². The number of nitrogens with zero attached hydrogens (tertiary/aromatic N) is 4. The number of nitrogens with one attached hydrogen (secondary N) is 1. The van der Waals surface area contributed by atoms with Crippen LogP contribution >= 0.6 is 0 Å². The Balaban J connectivity index is 1.39. The Morgan fingerprint density at radius 3 is 2.34 bits per heavy atom. The summed E-state index contributed by atoms with van der Waals surface area (Å²) in [5.41, 5.74) is 0.768. The number of pyridine rings is 2. The van der Waals surface area contributed by atoms with Crippen molar-refractivity contribution in [3.05, 3.63) is 94.8 Å². The maximum absolute atomic E-state index is 13.4. The Kier molecular flexibility index (Phi) is 7.59. The van der Waals surface area contributed by atoms with Crippen molar-refractivity contribution in [2.45, 2.75) is 19.9 Å². The van der Waals surface area contributed by atoms with Gasteiger partial charge in [-0.2, -0.15) is 5.10 Å². The summed E-state index contributed by atoms with van der Waals surface area (Å²) in [5.74, 6) is 0.770. The number of carbonyl (C=O) groups excluding carboxylic acids is 1. The van der Waals surface area contributed by atoms with Gasteiger partial charge in [-0.25, -0.2) is 9.37 Å². The fourth-order valence-electron chi connectivity index (χ4n) is 4.09. The summed E-state index contributed by atoms with van der Waals surface area (Å²) in [7, 11) is 3.09. The molecule has 1 amide bonds. The number of carbonyl (C=O) groups is 1. The lowest BCUT2D eigenvalue weighted by Gasteiger charge is -2.14. The third kappa shape index (κ3) is 5.69. The molecule has 0 radical (unpaired) electrons. The number of methoxy groups -OCH3 is 2. The van der Waals surface area contributed by atoms with E-state index < -0.39 is 17.2 Å². The van der Waals surface area contributed by atoms with Crippen molar-refractivity contribution < 1.29 is 23.4 Å². The molecule has 3 aromatic heterocycles. The highest BCUT2D eigenvalue weighted by Crippen LogP contribution is 2.36. The summed E-state index contributed by atoms with van der Waals surface area (Å²) in [6.07, 6.45) is 4.43. The molecule has 3 heterocycles. The molecule has 0 aliphatic heterocycles. The van der Waals surface area contributed by atoms with Gasteiger partial charge in [0.1, 0.15) is 22.8 Å². The Bertz CT molecular complexity index is 1790. The smallest absolute Gasteiger partial charge is 0.261 e. The molecule has 0 saturated heterocycles. The summed E-state index contributed by atoms with van der Waals surface area (Å²) in [6, 6.07) is 13.7. The maximum atomic E-state index is 13.4. The van der Waals surface area contributed by atoms with Crippen molar-refractivity contribution in [2.75, 3.05) is 19.5 Å². The lowest BCUT2D eigenvalue weighted by molar-refractivity contribution is 0.102. The molecule has 0 saturated carbocycles. The second-order valence-electron chi connectivity index (χ2n) is 9.28. The molecule has 0 bridgehead atoms. The van der Waals surface area contributed by atoms with Crippen molar-refractivity contribution in [3.63, 3.8) is 0 Å². The van der Waals surface area contributed by atoms with Gasteiger partial charge in [0.05, 0.1) is 31.6 Å². The monoisotopic (exact) mass is 555 g/mol. The number of benzene rings is 2. The van der Waals surface area contributed by atoms with Crippen LogP contribution < -0.4 is 25.0 Å². The number of anilines is 1. The van der Waals surface area contributed by atoms with Crippen LogP contribution in [-0.2, 0) is 0 Å². The molecule has 0 aliphatic carbocycles. The highest BCUT2D eigenvalue weighted by Gasteiger charge is 2.19. The highest BCUT2D eigenvalue weighted by atomic mass is 19.1. The quantitative estimate of drug-likeness (QED) is 0.262.